The first-order valence-corrected chi connectivity index (χ1v) is 10.6. The molecule has 3 N–H and O–H groups in total. The topological polar surface area (TPSA) is 85.8 Å². The first-order valence-electron chi connectivity index (χ1n) is 10.6. The molecule has 1 fully saturated rings. The van der Waals surface area contributed by atoms with Gasteiger partial charge in [0, 0.05) is 57.5 Å². The number of likely N-dealkylation sites (tertiary alicyclic amines) is 1. The summed E-state index contributed by atoms with van der Waals surface area (Å²) in [7, 11) is 0. The number of hydrogen-bond donors (Lipinski definition) is 3. The van der Waals surface area contributed by atoms with Gasteiger partial charge in [0.2, 0.25) is 11.8 Å². The fourth-order valence-corrected chi connectivity index (χ4v) is 3.23. The zero-order valence-electron chi connectivity index (χ0n) is 17.9. The molecule has 1 aromatic rings. The maximum Gasteiger partial charge on any atom is 0.223 e. The molecule has 0 aliphatic carbocycles. The normalized spacial score (nSPS) is 17.0. The summed E-state index contributed by atoms with van der Waals surface area (Å²) in [5, 5.41) is 9.33. The van der Waals surface area contributed by atoms with E-state index in [1.165, 1.54) is 5.56 Å². The van der Waals surface area contributed by atoms with Crippen LogP contribution in [0.2, 0.25) is 0 Å². The van der Waals surface area contributed by atoms with Crippen molar-refractivity contribution in [3.8, 4) is 0 Å². The summed E-state index contributed by atoms with van der Waals surface area (Å²) < 4.78 is 0. The summed E-state index contributed by atoms with van der Waals surface area (Å²) in [5.74, 6) is 1.22. The standard InChI is InChI=1S/C22H35N5O2/c1-4-23-22(25-12-11-24-21(29)17(2)3)26-15-19-14-20(28)27(16-19)13-10-18-8-6-5-7-9-18/h5-9,17,19H,4,10-16H2,1-3H3,(H,24,29)(H2,23,25,26). The molecule has 1 saturated heterocycles. The maximum absolute atomic E-state index is 12.3. The van der Waals surface area contributed by atoms with Crippen molar-refractivity contribution in [2.45, 2.75) is 33.6 Å². The van der Waals surface area contributed by atoms with Crippen molar-refractivity contribution in [3.63, 3.8) is 0 Å². The van der Waals surface area contributed by atoms with Gasteiger partial charge in [-0.3, -0.25) is 14.6 Å². The largest absolute Gasteiger partial charge is 0.357 e. The van der Waals surface area contributed by atoms with E-state index in [1.54, 1.807) is 0 Å². The van der Waals surface area contributed by atoms with Gasteiger partial charge in [0.25, 0.3) is 0 Å². The van der Waals surface area contributed by atoms with Crippen LogP contribution in [0.1, 0.15) is 32.8 Å². The Morgan fingerprint density at radius 3 is 2.59 bits per heavy atom. The van der Waals surface area contributed by atoms with E-state index in [9.17, 15) is 9.59 Å². The summed E-state index contributed by atoms with van der Waals surface area (Å²) >= 11 is 0. The molecule has 2 amide bonds. The maximum atomic E-state index is 12.3. The molecule has 1 unspecified atom stereocenters. The van der Waals surface area contributed by atoms with Crippen LogP contribution in [0.15, 0.2) is 35.3 Å². The predicted octanol–water partition coefficient (Wildman–Crippen LogP) is 1.40. The third-order valence-corrected chi connectivity index (χ3v) is 4.90. The highest BCUT2D eigenvalue weighted by atomic mass is 16.2. The van der Waals surface area contributed by atoms with Gasteiger partial charge in [0.05, 0.1) is 0 Å². The minimum absolute atomic E-state index is 0.0124. The smallest absolute Gasteiger partial charge is 0.223 e. The lowest BCUT2D eigenvalue weighted by molar-refractivity contribution is -0.127. The van der Waals surface area contributed by atoms with Gasteiger partial charge >= 0.3 is 0 Å². The van der Waals surface area contributed by atoms with E-state index in [2.05, 4.69) is 33.1 Å². The molecule has 7 nitrogen and oxygen atoms in total. The minimum atomic E-state index is -0.0124. The molecular formula is C22H35N5O2. The van der Waals surface area contributed by atoms with Gasteiger partial charge in [-0.15, -0.1) is 0 Å². The van der Waals surface area contributed by atoms with Gasteiger partial charge in [-0.05, 0) is 18.9 Å². The molecule has 1 aromatic carbocycles. The number of aliphatic imine (C=N–C) groups is 1. The lowest BCUT2D eigenvalue weighted by atomic mass is 10.1. The highest BCUT2D eigenvalue weighted by Gasteiger charge is 2.28. The Morgan fingerprint density at radius 1 is 1.17 bits per heavy atom. The molecule has 0 spiro atoms. The van der Waals surface area contributed by atoms with Gasteiger partial charge in [-0.25, -0.2) is 0 Å². The molecule has 7 heteroatoms. The Labute approximate surface area is 174 Å². The lowest BCUT2D eigenvalue weighted by Crippen LogP contribution is -2.42. The summed E-state index contributed by atoms with van der Waals surface area (Å²) in [5.41, 5.74) is 1.25. The molecule has 29 heavy (non-hydrogen) atoms. The molecule has 160 valence electrons. The van der Waals surface area contributed by atoms with Crippen molar-refractivity contribution in [3.05, 3.63) is 35.9 Å². The highest BCUT2D eigenvalue weighted by Crippen LogP contribution is 2.18. The SMILES string of the molecule is CCNC(=NCC1CC(=O)N(CCc2ccccc2)C1)NCCNC(=O)C(C)C. The third kappa shape index (κ3) is 8.13. The quantitative estimate of drug-likeness (QED) is 0.314. The molecule has 1 atom stereocenters. The number of benzene rings is 1. The Balaban J connectivity index is 1.75. The number of guanidine groups is 1. The Kier molecular flexibility index (Phi) is 9.47. The van der Waals surface area contributed by atoms with Crippen LogP contribution in [0.25, 0.3) is 0 Å². The van der Waals surface area contributed by atoms with Crippen LogP contribution in [0.3, 0.4) is 0 Å². The highest BCUT2D eigenvalue weighted by molar-refractivity contribution is 5.81. The predicted molar refractivity (Wildman–Crippen MR) is 117 cm³/mol. The molecule has 2 rings (SSSR count). The van der Waals surface area contributed by atoms with Crippen molar-refractivity contribution < 1.29 is 9.59 Å². The van der Waals surface area contributed by atoms with Gasteiger partial charge in [-0.1, -0.05) is 44.2 Å². The number of nitrogens with zero attached hydrogens (tertiary/aromatic N) is 2. The van der Waals surface area contributed by atoms with E-state index in [-0.39, 0.29) is 23.7 Å². The van der Waals surface area contributed by atoms with Crippen molar-refractivity contribution in [2.75, 3.05) is 39.3 Å². The summed E-state index contributed by atoms with van der Waals surface area (Å²) in [4.78, 5) is 30.5. The third-order valence-electron chi connectivity index (χ3n) is 4.90. The van der Waals surface area contributed by atoms with E-state index >= 15 is 0 Å². The van der Waals surface area contributed by atoms with Crippen molar-refractivity contribution in [1.29, 1.82) is 0 Å². The number of rotatable bonds is 10. The van der Waals surface area contributed by atoms with Gasteiger partial charge in [0.1, 0.15) is 0 Å². The summed E-state index contributed by atoms with van der Waals surface area (Å²) in [6.45, 7) is 9.82. The first-order chi connectivity index (χ1) is 14.0. The van der Waals surface area contributed by atoms with Gasteiger partial charge < -0.3 is 20.9 Å². The van der Waals surface area contributed by atoms with Gasteiger partial charge in [-0.2, -0.15) is 0 Å². The summed E-state index contributed by atoms with van der Waals surface area (Å²) in [6, 6.07) is 10.3. The van der Waals surface area contributed by atoms with E-state index in [0.29, 0.717) is 26.1 Å². The molecule has 1 aliphatic heterocycles. The zero-order valence-corrected chi connectivity index (χ0v) is 17.9. The number of carbonyl (C=O) groups is 2. The fourth-order valence-electron chi connectivity index (χ4n) is 3.23. The van der Waals surface area contributed by atoms with E-state index in [4.69, 9.17) is 0 Å². The van der Waals surface area contributed by atoms with Crippen LogP contribution in [-0.2, 0) is 16.0 Å². The van der Waals surface area contributed by atoms with Gasteiger partial charge in [0.15, 0.2) is 5.96 Å². The fraction of sp³-hybridized carbons (Fsp3) is 0.591. The second-order valence-corrected chi connectivity index (χ2v) is 7.74. The van der Waals surface area contributed by atoms with Crippen molar-refractivity contribution >= 4 is 17.8 Å². The summed E-state index contributed by atoms with van der Waals surface area (Å²) in [6.07, 6.45) is 1.44. The lowest BCUT2D eigenvalue weighted by Gasteiger charge is -2.16. The first kappa shape index (κ1) is 22.7. The van der Waals surface area contributed by atoms with Crippen molar-refractivity contribution in [1.82, 2.24) is 20.9 Å². The van der Waals surface area contributed by atoms with E-state index in [1.807, 2.05) is 43.9 Å². The van der Waals surface area contributed by atoms with E-state index in [0.717, 1.165) is 32.0 Å². The minimum Gasteiger partial charge on any atom is -0.357 e. The number of amides is 2. The monoisotopic (exact) mass is 401 g/mol. The number of nitrogens with one attached hydrogen (secondary N) is 3. The molecule has 1 aliphatic rings. The molecule has 0 saturated carbocycles. The van der Waals surface area contributed by atoms with Crippen LogP contribution >= 0.6 is 0 Å². The molecule has 1 heterocycles. The Hall–Kier alpha value is -2.57. The molecule has 0 bridgehead atoms. The van der Waals surface area contributed by atoms with Crippen LogP contribution in [-0.4, -0.2) is 61.9 Å². The van der Waals surface area contributed by atoms with Crippen LogP contribution in [0, 0.1) is 11.8 Å². The molecular weight excluding hydrogens is 366 g/mol. The number of hydrogen-bond acceptors (Lipinski definition) is 3. The second-order valence-electron chi connectivity index (χ2n) is 7.74. The van der Waals surface area contributed by atoms with Crippen molar-refractivity contribution in [2.24, 2.45) is 16.8 Å². The van der Waals surface area contributed by atoms with Crippen LogP contribution < -0.4 is 16.0 Å². The van der Waals surface area contributed by atoms with E-state index < -0.39 is 0 Å². The molecule has 0 radical (unpaired) electrons. The Bertz CT molecular complexity index is 675. The Morgan fingerprint density at radius 2 is 1.90 bits per heavy atom. The average molecular weight is 402 g/mol. The van der Waals surface area contributed by atoms with Crippen LogP contribution in [0.4, 0.5) is 0 Å². The van der Waals surface area contributed by atoms with Crippen LogP contribution in [0.5, 0.6) is 0 Å². The number of carbonyl (C=O) groups excluding carboxylic acids is 2. The zero-order chi connectivity index (χ0) is 21.1. The average Bonchev–Trinajstić information content (AvgIpc) is 3.07. The molecule has 0 aromatic heterocycles. The second kappa shape index (κ2) is 12.1.